The number of rotatable bonds is 2. The molecule has 0 aliphatic carbocycles. The van der Waals surface area contributed by atoms with Crippen molar-refractivity contribution >= 4 is 34.4 Å². The zero-order valence-electron chi connectivity index (χ0n) is 18.9. The third-order valence-electron chi connectivity index (χ3n) is 7.36. The van der Waals surface area contributed by atoms with Gasteiger partial charge in [-0.1, -0.05) is 30.3 Å². The highest BCUT2D eigenvalue weighted by atomic mass is 16.5. The maximum absolute atomic E-state index is 13.9. The lowest BCUT2D eigenvalue weighted by Crippen LogP contribution is -2.70. The van der Waals surface area contributed by atoms with Crippen molar-refractivity contribution in [1.29, 1.82) is 0 Å². The van der Waals surface area contributed by atoms with Crippen LogP contribution < -0.4 is 10.9 Å². The zero-order valence-corrected chi connectivity index (χ0v) is 18.9. The quantitative estimate of drug-likeness (QED) is 0.590. The number of ether oxygens (including phenoxy) is 2. The molecule has 1 amide bonds. The monoisotopic (exact) mass is 458 g/mol. The number of nitrogens with zero attached hydrogens (tertiary/aromatic N) is 3. The van der Waals surface area contributed by atoms with E-state index in [9.17, 15) is 14.4 Å². The lowest BCUT2D eigenvalue weighted by atomic mass is 9.53. The number of amides is 1. The Morgan fingerprint density at radius 3 is 2.65 bits per heavy atom. The molecule has 0 saturated heterocycles. The van der Waals surface area contributed by atoms with Crippen LogP contribution in [0.5, 0.6) is 0 Å². The van der Waals surface area contributed by atoms with Crippen LogP contribution in [0.1, 0.15) is 31.3 Å². The van der Waals surface area contributed by atoms with Crippen LogP contribution in [0.15, 0.2) is 58.3 Å². The average molecular weight is 458 g/mol. The average Bonchev–Trinajstić information content (AvgIpc) is 3.13. The molecule has 0 radical (unpaired) electrons. The molecule has 0 saturated carbocycles. The van der Waals surface area contributed by atoms with Crippen molar-refractivity contribution in [3.8, 4) is 0 Å². The van der Waals surface area contributed by atoms with Gasteiger partial charge in [-0.25, -0.2) is 9.98 Å². The van der Waals surface area contributed by atoms with Crippen molar-refractivity contribution in [3.05, 3.63) is 70.3 Å². The van der Waals surface area contributed by atoms with E-state index in [1.165, 1.54) is 11.7 Å². The first-order valence-electron chi connectivity index (χ1n) is 11.1. The molecular formula is C25H22N4O5. The van der Waals surface area contributed by atoms with Gasteiger partial charge in [-0.15, -0.1) is 0 Å². The second-order valence-electron chi connectivity index (χ2n) is 8.84. The summed E-state index contributed by atoms with van der Waals surface area (Å²) in [5, 5.41) is 3.34. The van der Waals surface area contributed by atoms with Crippen LogP contribution in [0.4, 0.5) is 5.69 Å². The molecule has 34 heavy (non-hydrogen) atoms. The first kappa shape index (κ1) is 20.6. The van der Waals surface area contributed by atoms with Gasteiger partial charge in [0.15, 0.2) is 0 Å². The van der Waals surface area contributed by atoms with Gasteiger partial charge in [0.05, 0.1) is 24.6 Å². The minimum atomic E-state index is -1.48. The summed E-state index contributed by atoms with van der Waals surface area (Å²) < 4.78 is 12.6. The molecule has 2 bridgehead atoms. The Morgan fingerprint density at radius 1 is 1.15 bits per heavy atom. The van der Waals surface area contributed by atoms with E-state index >= 15 is 0 Å². The number of nitrogens with one attached hydrogen (secondary N) is 1. The molecule has 172 valence electrons. The lowest BCUT2D eigenvalue weighted by Gasteiger charge is -2.55. The summed E-state index contributed by atoms with van der Waals surface area (Å²) in [7, 11) is 1.28. The maximum atomic E-state index is 13.9. The van der Waals surface area contributed by atoms with Crippen molar-refractivity contribution in [1.82, 2.24) is 9.55 Å². The fourth-order valence-corrected chi connectivity index (χ4v) is 6.06. The number of aliphatic imine (C=N–C) groups is 1. The normalized spacial score (nSPS) is 28.3. The van der Waals surface area contributed by atoms with E-state index in [1.807, 2.05) is 18.2 Å². The number of aromatic nitrogens is 2. The molecule has 7 rings (SSSR count). The lowest BCUT2D eigenvalue weighted by molar-refractivity contribution is -0.157. The SMILES string of the molecule is CCOC1=NC2(C)c3nc4ccccc4c(=O)n3C1C(C(=O)OC)C21C(=O)Nc2ccccc21. The van der Waals surface area contributed by atoms with Crippen LogP contribution in [-0.2, 0) is 30.0 Å². The molecule has 4 atom stereocenters. The maximum Gasteiger partial charge on any atom is 0.312 e. The highest BCUT2D eigenvalue weighted by Gasteiger charge is 2.75. The fourth-order valence-electron chi connectivity index (χ4n) is 6.06. The van der Waals surface area contributed by atoms with Gasteiger partial charge in [-0.2, -0.15) is 0 Å². The van der Waals surface area contributed by atoms with Gasteiger partial charge in [0.2, 0.25) is 11.8 Å². The number of para-hydroxylation sites is 2. The summed E-state index contributed by atoms with van der Waals surface area (Å²) in [5.74, 6) is -1.57. The Kier molecular flexibility index (Phi) is 4.09. The van der Waals surface area contributed by atoms with E-state index in [2.05, 4.69) is 5.32 Å². The Bertz CT molecular complexity index is 1490. The number of esters is 1. The first-order valence-corrected chi connectivity index (χ1v) is 11.1. The van der Waals surface area contributed by atoms with Crippen molar-refractivity contribution in [2.75, 3.05) is 19.0 Å². The summed E-state index contributed by atoms with van der Waals surface area (Å²) >= 11 is 0. The van der Waals surface area contributed by atoms with Crippen molar-refractivity contribution < 1.29 is 19.1 Å². The van der Waals surface area contributed by atoms with Gasteiger partial charge >= 0.3 is 5.97 Å². The van der Waals surface area contributed by atoms with E-state index in [4.69, 9.17) is 19.5 Å². The van der Waals surface area contributed by atoms with E-state index in [0.29, 0.717) is 28.0 Å². The molecule has 9 heteroatoms. The van der Waals surface area contributed by atoms with Crippen LogP contribution in [0.2, 0.25) is 0 Å². The van der Waals surface area contributed by atoms with Crippen LogP contribution in [-0.4, -0.2) is 41.0 Å². The van der Waals surface area contributed by atoms with E-state index in [1.54, 1.807) is 44.2 Å². The number of fused-ring (bicyclic) bond motifs is 2. The molecule has 1 aromatic heterocycles. The minimum absolute atomic E-state index is 0.217. The highest BCUT2D eigenvalue weighted by molar-refractivity contribution is 6.12. The second kappa shape index (κ2) is 6.75. The molecule has 3 aromatic rings. The van der Waals surface area contributed by atoms with Gasteiger partial charge in [0.1, 0.15) is 28.7 Å². The molecule has 4 unspecified atom stereocenters. The largest absolute Gasteiger partial charge is 0.480 e. The smallest absolute Gasteiger partial charge is 0.312 e. The van der Waals surface area contributed by atoms with Crippen molar-refractivity contribution in [2.24, 2.45) is 10.9 Å². The standard InChI is InChI=1S/C25H22N4O5/c1-4-34-19-18-17(21(31)33-3)25(14-10-6-8-12-16(14)27-23(25)32)24(2,28-19)22-26-15-11-7-5-9-13(15)20(30)29(18)22/h5-12,17-18H,4H2,1-3H3,(H,27,32). The van der Waals surface area contributed by atoms with Crippen LogP contribution in [0, 0.1) is 5.92 Å². The molecule has 1 spiro atoms. The molecule has 9 nitrogen and oxygen atoms in total. The number of carbonyl (C=O) groups excluding carboxylic acids is 2. The Balaban J connectivity index is 1.81. The summed E-state index contributed by atoms with van der Waals surface area (Å²) in [5.41, 5.74) is -1.51. The number of hydrogen-bond acceptors (Lipinski definition) is 7. The van der Waals surface area contributed by atoms with Crippen LogP contribution in [0.3, 0.4) is 0 Å². The Hall–Kier alpha value is -4.01. The van der Waals surface area contributed by atoms with Gasteiger partial charge in [0.25, 0.3) is 5.56 Å². The van der Waals surface area contributed by atoms with Gasteiger partial charge < -0.3 is 14.8 Å². The molecule has 2 aromatic carbocycles. The minimum Gasteiger partial charge on any atom is -0.480 e. The number of hydrogen-bond donors (Lipinski definition) is 1. The molecule has 5 heterocycles. The van der Waals surface area contributed by atoms with Crippen molar-refractivity contribution in [3.63, 3.8) is 0 Å². The summed E-state index contributed by atoms with van der Waals surface area (Å²) in [6.45, 7) is 3.82. The molecule has 4 aliphatic heterocycles. The highest BCUT2D eigenvalue weighted by Crippen LogP contribution is 2.63. The zero-order chi connectivity index (χ0) is 23.8. The van der Waals surface area contributed by atoms with Gasteiger partial charge in [-0.05, 0) is 37.6 Å². The number of methoxy groups -OCH3 is 1. The Morgan fingerprint density at radius 2 is 1.88 bits per heavy atom. The number of carbonyl (C=O) groups is 2. The third-order valence-corrected chi connectivity index (χ3v) is 7.36. The topological polar surface area (TPSA) is 112 Å². The van der Waals surface area contributed by atoms with E-state index in [-0.39, 0.29) is 24.0 Å². The predicted molar refractivity (Wildman–Crippen MR) is 124 cm³/mol. The summed E-state index contributed by atoms with van der Waals surface area (Å²) in [4.78, 5) is 51.0. The third kappa shape index (κ3) is 2.17. The predicted octanol–water partition coefficient (Wildman–Crippen LogP) is 2.29. The van der Waals surface area contributed by atoms with E-state index < -0.39 is 28.9 Å². The summed E-state index contributed by atoms with van der Waals surface area (Å²) in [6, 6.07) is 13.2. The summed E-state index contributed by atoms with van der Waals surface area (Å²) in [6.07, 6.45) is 0. The molecule has 0 fully saturated rings. The molecule has 4 aliphatic rings. The second-order valence-corrected chi connectivity index (χ2v) is 8.84. The van der Waals surface area contributed by atoms with Crippen LogP contribution in [0.25, 0.3) is 10.9 Å². The number of anilines is 1. The number of benzene rings is 2. The van der Waals surface area contributed by atoms with Crippen molar-refractivity contribution in [2.45, 2.75) is 30.8 Å². The fraction of sp³-hybridized carbons (Fsp3) is 0.320. The first-order chi connectivity index (χ1) is 16.4. The van der Waals surface area contributed by atoms with Gasteiger partial charge in [0, 0.05) is 5.69 Å². The molecule has 1 N–H and O–H groups in total. The van der Waals surface area contributed by atoms with Crippen LogP contribution >= 0.6 is 0 Å². The van der Waals surface area contributed by atoms with E-state index in [0.717, 1.165) is 0 Å². The Labute approximate surface area is 194 Å². The molecular weight excluding hydrogens is 436 g/mol. The van der Waals surface area contributed by atoms with Gasteiger partial charge in [-0.3, -0.25) is 19.0 Å².